The Morgan fingerprint density at radius 1 is 0.600 bits per heavy atom. The zero-order valence-electron chi connectivity index (χ0n) is 41.0. The first-order valence-electron chi connectivity index (χ1n) is 23.9. The number of ether oxygens (including phenoxy) is 10. The molecule has 3 aromatic carbocycles. The molecule has 3 aliphatic rings. The van der Waals surface area contributed by atoms with Gasteiger partial charge in [-0.2, -0.15) is 0 Å². The standard InChI is InChI=1S/C51H64O24/c1-26(2)19-51(50(65)68-24-30-11-16-32(17-12-30)70-48-44(63)42(61)39(58)34(22-53)72-48,20-37(56)67-23-29-9-14-31(15-10-29)69-47-43(62)41(60)38(57)33(21-52)71-47)75-49-45(64)46(40(59)35(73-49)25-66-27(3)54)74-36(55)18-13-28-7-5-4-6-8-28/h4-18,26,33-35,38-49,52-53,57-64H,19-25H2,1-3H3/b18-13+/t33-,34-,35-,38-,39-,40-,41+,42+,43-,44-,45-,46+,47-,48-,49+,51-/m1/s1. The highest BCUT2D eigenvalue weighted by atomic mass is 16.7. The van der Waals surface area contributed by atoms with Crippen LogP contribution < -0.4 is 9.47 Å². The molecule has 412 valence electrons. The Labute approximate surface area is 430 Å². The van der Waals surface area contributed by atoms with Gasteiger partial charge in [0.1, 0.15) is 98.5 Å². The number of aliphatic hydroxyl groups is 10. The summed E-state index contributed by atoms with van der Waals surface area (Å²) in [6, 6.07) is 20.2. The topological polar surface area (TPSA) is 363 Å². The molecule has 0 saturated carbocycles. The second-order valence-electron chi connectivity index (χ2n) is 18.5. The van der Waals surface area contributed by atoms with Crippen LogP contribution in [0.5, 0.6) is 11.5 Å². The van der Waals surface area contributed by atoms with Gasteiger partial charge in [-0.1, -0.05) is 68.4 Å². The van der Waals surface area contributed by atoms with E-state index in [4.69, 9.17) is 47.4 Å². The van der Waals surface area contributed by atoms with E-state index in [1.807, 2.05) is 0 Å². The maximum atomic E-state index is 14.7. The quantitative estimate of drug-likeness (QED) is 0.0316. The molecule has 10 N–H and O–H groups in total. The van der Waals surface area contributed by atoms with Crippen LogP contribution in [0.25, 0.3) is 6.08 Å². The number of rotatable bonds is 22. The highest BCUT2D eigenvalue weighted by Crippen LogP contribution is 2.36. The van der Waals surface area contributed by atoms with Crippen LogP contribution in [0.1, 0.15) is 50.3 Å². The Balaban J connectivity index is 1.23. The lowest BCUT2D eigenvalue weighted by molar-refractivity contribution is -0.328. The Kier molecular flexibility index (Phi) is 21.0. The van der Waals surface area contributed by atoms with Gasteiger partial charge < -0.3 is 98.4 Å². The number of benzene rings is 3. The number of carbonyl (C=O) groups is 4. The Hall–Kier alpha value is -5.68. The smallest absolute Gasteiger partial charge is 0.339 e. The van der Waals surface area contributed by atoms with Crippen molar-refractivity contribution in [1.29, 1.82) is 0 Å². The van der Waals surface area contributed by atoms with Crippen LogP contribution in [-0.2, 0) is 70.3 Å². The lowest BCUT2D eigenvalue weighted by Gasteiger charge is -2.44. The molecular weight excluding hydrogens is 997 g/mol. The van der Waals surface area contributed by atoms with Crippen molar-refractivity contribution in [1.82, 2.24) is 0 Å². The first-order valence-corrected chi connectivity index (χ1v) is 23.9. The molecule has 16 atom stereocenters. The summed E-state index contributed by atoms with van der Waals surface area (Å²) in [5.41, 5.74) is -1.02. The molecule has 3 aliphatic heterocycles. The summed E-state index contributed by atoms with van der Waals surface area (Å²) >= 11 is 0. The zero-order chi connectivity index (χ0) is 54.6. The minimum Gasteiger partial charge on any atom is -0.463 e. The molecule has 3 saturated heterocycles. The van der Waals surface area contributed by atoms with Crippen LogP contribution in [0.2, 0.25) is 0 Å². The molecule has 0 aliphatic carbocycles. The van der Waals surface area contributed by atoms with Crippen molar-refractivity contribution in [3.05, 3.63) is 102 Å². The molecule has 3 aromatic rings. The summed E-state index contributed by atoms with van der Waals surface area (Å²) in [6.07, 6.45) is -23.3. The molecule has 0 unspecified atom stereocenters. The van der Waals surface area contributed by atoms with E-state index in [-0.39, 0.29) is 17.9 Å². The molecule has 0 aromatic heterocycles. The minimum absolute atomic E-state index is 0.102. The van der Waals surface area contributed by atoms with E-state index >= 15 is 0 Å². The van der Waals surface area contributed by atoms with E-state index in [1.165, 1.54) is 54.6 Å². The van der Waals surface area contributed by atoms with Gasteiger partial charge in [0.15, 0.2) is 18.0 Å². The third kappa shape index (κ3) is 15.5. The highest BCUT2D eigenvalue weighted by Gasteiger charge is 2.54. The van der Waals surface area contributed by atoms with Gasteiger partial charge in [0.2, 0.25) is 12.6 Å². The van der Waals surface area contributed by atoms with E-state index in [2.05, 4.69) is 0 Å². The minimum atomic E-state index is -2.37. The van der Waals surface area contributed by atoms with E-state index in [1.54, 1.807) is 44.2 Å². The lowest BCUT2D eigenvalue weighted by atomic mass is 9.88. The SMILES string of the molecule is CC(=O)OC[C@H]1O[C@@H](O[C@@](CC(=O)OCc2ccc(O[C@@H]3O[C@H](CO)[C@@H](O)[C@H](O)[C@H]3O)cc2)(CC(C)C)C(=O)OCc2ccc(O[C@@H]3O[C@H](CO)[C@@H](O)[C@H](O)[C@H]3O)cc2)[C@H](O)[C@@H](OC(=O)/C=C/c2ccccc2)[C@@H]1O. The van der Waals surface area contributed by atoms with Gasteiger partial charge >= 0.3 is 23.9 Å². The van der Waals surface area contributed by atoms with Crippen molar-refractivity contribution in [3.63, 3.8) is 0 Å². The molecule has 24 heteroatoms. The van der Waals surface area contributed by atoms with Gasteiger partial charge in [-0.15, -0.1) is 0 Å². The average molecular weight is 1060 g/mol. The van der Waals surface area contributed by atoms with E-state index in [0.717, 1.165) is 13.0 Å². The molecular formula is C51H64O24. The largest absolute Gasteiger partial charge is 0.463 e. The van der Waals surface area contributed by atoms with E-state index in [9.17, 15) is 70.2 Å². The van der Waals surface area contributed by atoms with Gasteiger partial charge in [-0.3, -0.25) is 9.59 Å². The van der Waals surface area contributed by atoms with Crippen LogP contribution in [0.4, 0.5) is 0 Å². The number of hydrogen-bond donors (Lipinski definition) is 10. The van der Waals surface area contributed by atoms with Crippen LogP contribution in [0.3, 0.4) is 0 Å². The van der Waals surface area contributed by atoms with Crippen molar-refractivity contribution in [3.8, 4) is 11.5 Å². The van der Waals surface area contributed by atoms with Crippen LogP contribution in [0.15, 0.2) is 84.9 Å². The zero-order valence-corrected chi connectivity index (χ0v) is 41.0. The normalized spacial score (nSPS) is 30.7. The lowest BCUT2D eigenvalue weighted by Crippen LogP contribution is -2.63. The third-order valence-electron chi connectivity index (χ3n) is 12.3. The molecule has 24 nitrogen and oxygen atoms in total. The summed E-state index contributed by atoms with van der Waals surface area (Å²) in [7, 11) is 0. The molecule has 0 bridgehead atoms. The summed E-state index contributed by atoms with van der Waals surface area (Å²) in [4.78, 5) is 53.7. The number of aliphatic hydroxyl groups excluding tert-OH is 10. The number of hydrogen-bond acceptors (Lipinski definition) is 24. The predicted molar refractivity (Wildman–Crippen MR) is 252 cm³/mol. The molecule has 0 spiro atoms. The molecule has 0 radical (unpaired) electrons. The summed E-state index contributed by atoms with van der Waals surface area (Å²) in [6.45, 7) is 1.62. The van der Waals surface area contributed by atoms with Gasteiger partial charge in [0, 0.05) is 13.0 Å². The van der Waals surface area contributed by atoms with Crippen molar-refractivity contribution < 1.29 is 118 Å². The summed E-state index contributed by atoms with van der Waals surface area (Å²) in [5, 5.41) is 104. The van der Waals surface area contributed by atoms with Crippen LogP contribution >= 0.6 is 0 Å². The van der Waals surface area contributed by atoms with Crippen molar-refractivity contribution >= 4 is 30.0 Å². The Bertz CT molecular complexity index is 2330. The van der Waals surface area contributed by atoms with Gasteiger partial charge in [0.25, 0.3) is 0 Å². The molecule has 6 rings (SSSR count). The summed E-state index contributed by atoms with van der Waals surface area (Å²) in [5.74, 6) is -4.23. The number of esters is 4. The summed E-state index contributed by atoms with van der Waals surface area (Å²) < 4.78 is 56.5. The third-order valence-corrected chi connectivity index (χ3v) is 12.3. The highest BCUT2D eigenvalue weighted by molar-refractivity contribution is 5.87. The predicted octanol–water partition coefficient (Wildman–Crippen LogP) is -1.34. The van der Waals surface area contributed by atoms with Crippen molar-refractivity contribution in [2.45, 2.75) is 145 Å². The maximum Gasteiger partial charge on any atom is 0.339 e. The maximum absolute atomic E-state index is 14.7. The first kappa shape index (κ1) is 58.6. The Morgan fingerprint density at radius 2 is 1.11 bits per heavy atom. The van der Waals surface area contributed by atoms with Crippen molar-refractivity contribution in [2.75, 3.05) is 19.8 Å². The van der Waals surface area contributed by atoms with Crippen LogP contribution in [-0.4, -0.2) is 192 Å². The molecule has 3 heterocycles. The first-order chi connectivity index (χ1) is 35.7. The monoisotopic (exact) mass is 1060 g/mol. The van der Waals surface area contributed by atoms with Crippen molar-refractivity contribution in [2.24, 2.45) is 5.92 Å². The average Bonchev–Trinajstić information content (AvgIpc) is 3.39. The van der Waals surface area contributed by atoms with E-state index < -0.39 is 167 Å². The fourth-order valence-electron chi connectivity index (χ4n) is 8.28. The Morgan fingerprint density at radius 3 is 1.60 bits per heavy atom. The molecule has 0 amide bonds. The molecule has 75 heavy (non-hydrogen) atoms. The number of carbonyl (C=O) groups excluding carboxylic acids is 4. The van der Waals surface area contributed by atoms with E-state index in [0.29, 0.717) is 16.7 Å². The van der Waals surface area contributed by atoms with Gasteiger partial charge in [0.05, 0.1) is 19.6 Å². The fourth-order valence-corrected chi connectivity index (χ4v) is 8.28. The van der Waals surface area contributed by atoms with Gasteiger partial charge in [-0.05, 0) is 59.4 Å². The second kappa shape index (κ2) is 26.9. The second-order valence-corrected chi connectivity index (χ2v) is 18.5. The van der Waals surface area contributed by atoms with Crippen LogP contribution in [0, 0.1) is 5.92 Å². The van der Waals surface area contributed by atoms with Gasteiger partial charge in [-0.25, -0.2) is 9.59 Å². The molecule has 3 fully saturated rings. The fraction of sp³-hybridized carbons (Fsp3) is 0.529.